The summed E-state index contributed by atoms with van der Waals surface area (Å²) < 4.78 is 14.3. The van der Waals surface area contributed by atoms with Crippen LogP contribution in [0.15, 0.2) is 52.6 Å². The van der Waals surface area contributed by atoms with Crippen molar-refractivity contribution in [3.8, 4) is 5.75 Å². The van der Waals surface area contributed by atoms with Crippen LogP contribution in [0.4, 0.5) is 9.18 Å². The summed E-state index contributed by atoms with van der Waals surface area (Å²) in [5.74, 6) is -7.24. The van der Waals surface area contributed by atoms with Crippen LogP contribution in [0.25, 0.3) is 0 Å². The molecule has 0 unspecified atom stereocenters. The number of hydrogen-bond acceptors (Lipinski definition) is 6. The minimum absolute atomic E-state index is 0.00882. The second-order valence-corrected chi connectivity index (χ2v) is 8.76. The first kappa shape index (κ1) is 21.0. The molecule has 33 heavy (non-hydrogen) atoms. The number of halogens is 1. The quantitative estimate of drug-likeness (QED) is 0.382. The van der Waals surface area contributed by atoms with Gasteiger partial charge in [0.15, 0.2) is 23.1 Å². The van der Waals surface area contributed by atoms with E-state index in [4.69, 9.17) is 5.73 Å². The highest BCUT2D eigenvalue weighted by Crippen LogP contribution is 2.56. The van der Waals surface area contributed by atoms with E-state index in [0.717, 1.165) is 6.07 Å². The number of benzene rings is 1. The van der Waals surface area contributed by atoms with Gasteiger partial charge in [-0.15, -0.1) is 0 Å². The maximum Gasteiger partial charge on any atom is 0.328 e. The average molecular weight is 450 g/mol. The third-order valence-corrected chi connectivity index (χ3v) is 7.11. The Bertz CT molecular complexity index is 1290. The van der Waals surface area contributed by atoms with E-state index in [1.807, 2.05) is 0 Å². The largest absolute Gasteiger partial charge is 0.505 e. The molecule has 4 amide bonds. The lowest BCUT2D eigenvalue weighted by atomic mass is 9.59. The predicted molar refractivity (Wildman–Crippen MR) is 111 cm³/mol. The molecule has 1 saturated heterocycles. The summed E-state index contributed by atoms with van der Waals surface area (Å²) in [4.78, 5) is 64.0. The molecule has 4 aliphatic rings. The lowest BCUT2D eigenvalue weighted by Gasteiger charge is -2.42. The minimum Gasteiger partial charge on any atom is -0.505 e. The number of allylic oxidation sites excluding steroid dienone is 6. The van der Waals surface area contributed by atoms with Gasteiger partial charge < -0.3 is 10.8 Å². The molecule has 1 fully saturated rings. The second kappa shape index (κ2) is 7.06. The third-order valence-electron chi connectivity index (χ3n) is 7.11. The number of phenols is 1. The molecular formula is C24H19FN2O6. The van der Waals surface area contributed by atoms with Crippen molar-refractivity contribution in [3.63, 3.8) is 0 Å². The van der Waals surface area contributed by atoms with Crippen LogP contribution in [0.1, 0.15) is 31.2 Å². The van der Waals surface area contributed by atoms with Crippen LogP contribution in [-0.2, 0) is 19.2 Å². The van der Waals surface area contributed by atoms with E-state index in [-0.39, 0.29) is 35.1 Å². The van der Waals surface area contributed by atoms with Crippen molar-refractivity contribution >= 4 is 29.4 Å². The number of nitrogens with zero attached hydrogens (tertiary/aromatic N) is 1. The van der Waals surface area contributed by atoms with Gasteiger partial charge in [-0.1, -0.05) is 23.8 Å². The number of likely N-dealkylation sites (tertiary alicyclic amines) is 1. The molecule has 3 aliphatic carbocycles. The molecule has 9 heteroatoms. The Hall–Kier alpha value is -3.88. The number of ketones is 2. The van der Waals surface area contributed by atoms with Crippen molar-refractivity contribution in [1.29, 1.82) is 0 Å². The Morgan fingerprint density at radius 3 is 2.58 bits per heavy atom. The first-order valence-corrected chi connectivity index (χ1v) is 10.5. The van der Waals surface area contributed by atoms with Crippen molar-refractivity contribution in [2.24, 2.45) is 23.5 Å². The molecular weight excluding hydrogens is 431 g/mol. The number of urea groups is 1. The van der Waals surface area contributed by atoms with E-state index in [0.29, 0.717) is 10.5 Å². The van der Waals surface area contributed by atoms with Crippen LogP contribution in [0.2, 0.25) is 0 Å². The number of imide groups is 3. The molecule has 0 bridgehead atoms. The molecule has 0 aromatic heterocycles. The number of para-hydroxylation sites is 1. The van der Waals surface area contributed by atoms with Gasteiger partial charge >= 0.3 is 6.03 Å². The van der Waals surface area contributed by atoms with E-state index >= 15 is 0 Å². The van der Waals surface area contributed by atoms with E-state index in [9.17, 15) is 33.5 Å². The van der Waals surface area contributed by atoms with Gasteiger partial charge in [-0.3, -0.25) is 19.2 Å². The Labute approximate surface area is 187 Å². The Morgan fingerprint density at radius 1 is 1.15 bits per heavy atom. The Balaban J connectivity index is 1.73. The van der Waals surface area contributed by atoms with Crippen LogP contribution in [0, 0.1) is 23.6 Å². The van der Waals surface area contributed by atoms with E-state index in [2.05, 4.69) is 0 Å². The number of Topliss-reactive ketones (excluding diaryl/α,β-unsaturated/α-hetero) is 1. The highest BCUT2D eigenvalue weighted by Gasteiger charge is 2.57. The monoisotopic (exact) mass is 450 g/mol. The molecule has 3 N–H and O–H groups in total. The van der Waals surface area contributed by atoms with E-state index in [1.165, 1.54) is 25.1 Å². The Morgan fingerprint density at radius 2 is 1.88 bits per heavy atom. The van der Waals surface area contributed by atoms with Gasteiger partial charge in [-0.2, -0.15) is 4.90 Å². The standard InChI is InChI=1S/C24H19FN2O6/c1-9-7-16(28)14-8-13-10(5-6-12-18(13)23(32)27(22(12)31)24(26)33)17(19(14)20(9)29)11-3-2-4-15(25)21(11)30/h2-5,7,12-13,17-18,30H,6,8H2,1H3,(H2,26,33)/t12-,13+,17+,18-/m0/s1. The van der Waals surface area contributed by atoms with Crippen molar-refractivity contribution in [3.05, 3.63) is 64.0 Å². The summed E-state index contributed by atoms with van der Waals surface area (Å²) in [6, 6.07) is 2.75. The molecule has 0 spiro atoms. The molecule has 5 rings (SSSR count). The average Bonchev–Trinajstić information content (AvgIpc) is 3.03. The molecule has 8 nitrogen and oxygen atoms in total. The summed E-state index contributed by atoms with van der Waals surface area (Å²) in [6.07, 6.45) is 3.04. The lowest BCUT2D eigenvalue weighted by Crippen LogP contribution is -2.42. The van der Waals surface area contributed by atoms with E-state index < -0.39 is 64.7 Å². The molecule has 1 heterocycles. The number of primary amides is 1. The van der Waals surface area contributed by atoms with Gasteiger partial charge in [0.1, 0.15) is 0 Å². The topological polar surface area (TPSA) is 135 Å². The fourth-order valence-corrected chi connectivity index (χ4v) is 5.70. The minimum atomic E-state index is -1.17. The number of rotatable bonds is 1. The smallest absolute Gasteiger partial charge is 0.328 e. The number of carbonyl (C=O) groups is 5. The zero-order chi connectivity index (χ0) is 23.8. The fourth-order valence-electron chi connectivity index (χ4n) is 5.70. The number of nitrogens with two attached hydrogens (primary N) is 1. The molecule has 1 aromatic rings. The van der Waals surface area contributed by atoms with Gasteiger partial charge in [-0.05, 0) is 37.8 Å². The molecule has 0 saturated carbocycles. The number of aromatic hydroxyl groups is 1. The van der Waals surface area contributed by atoms with Crippen LogP contribution >= 0.6 is 0 Å². The highest BCUT2D eigenvalue weighted by atomic mass is 19.1. The Kier molecular flexibility index (Phi) is 4.49. The normalized spacial score (nSPS) is 28.8. The van der Waals surface area contributed by atoms with Gasteiger partial charge in [0.05, 0.1) is 11.8 Å². The zero-order valence-corrected chi connectivity index (χ0v) is 17.5. The summed E-state index contributed by atoms with van der Waals surface area (Å²) in [5.41, 5.74) is 6.42. The SMILES string of the molecule is CC1=CC(=O)C2=C(C1=O)[C@@H](c1cccc(F)c1O)C1=CC[C@@H]3C(=O)N(C(N)=O)C(=O)[C@@H]3[C@@H]1C2. The van der Waals surface area contributed by atoms with E-state index in [1.54, 1.807) is 6.08 Å². The fraction of sp³-hybridized carbons (Fsp3) is 0.292. The molecule has 0 radical (unpaired) electrons. The molecule has 4 atom stereocenters. The highest BCUT2D eigenvalue weighted by molar-refractivity contribution is 6.24. The first-order chi connectivity index (χ1) is 15.6. The van der Waals surface area contributed by atoms with Crippen molar-refractivity contribution in [2.75, 3.05) is 0 Å². The number of carbonyl (C=O) groups excluding carboxylic acids is 5. The number of fused-ring (bicyclic) bond motifs is 3. The zero-order valence-electron chi connectivity index (χ0n) is 17.5. The molecule has 1 aliphatic heterocycles. The van der Waals surface area contributed by atoms with Gasteiger partial charge in [0.2, 0.25) is 11.8 Å². The third kappa shape index (κ3) is 2.78. The van der Waals surface area contributed by atoms with Crippen LogP contribution in [-0.4, -0.2) is 39.4 Å². The van der Waals surface area contributed by atoms with Gasteiger partial charge in [0.25, 0.3) is 0 Å². The predicted octanol–water partition coefficient (Wildman–Crippen LogP) is 2.04. The summed E-state index contributed by atoms with van der Waals surface area (Å²) in [7, 11) is 0. The molecule has 1 aromatic carbocycles. The maximum atomic E-state index is 14.3. The number of phenolic OH excluding ortho intramolecular Hbond substituents is 1. The van der Waals surface area contributed by atoms with Crippen LogP contribution < -0.4 is 5.73 Å². The number of hydrogen-bond donors (Lipinski definition) is 2. The second-order valence-electron chi connectivity index (χ2n) is 8.76. The van der Waals surface area contributed by atoms with Gasteiger partial charge in [0, 0.05) is 28.2 Å². The van der Waals surface area contributed by atoms with Gasteiger partial charge in [-0.25, -0.2) is 9.18 Å². The van der Waals surface area contributed by atoms with Crippen molar-refractivity contribution in [1.82, 2.24) is 4.90 Å². The summed E-state index contributed by atoms with van der Waals surface area (Å²) >= 11 is 0. The van der Waals surface area contributed by atoms with Crippen LogP contribution in [0.3, 0.4) is 0 Å². The number of amides is 4. The first-order valence-electron chi connectivity index (χ1n) is 10.5. The summed E-state index contributed by atoms with van der Waals surface area (Å²) in [5, 5.41) is 10.5. The van der Waals surface area contributed by atoms with Crippen molar-refractivity contribution in [2.45, 2.75) is 25.7 Å². The van der Waals surface area contributed by atoms with Crippen molar-refractivity contribution < 1.29 is 33.5 Å². The maximum absolute atomic E-state index is 14.3. The summed E-state index contributed by atoms with van der Waals surface area (Å²) in [6.45, 7) is 1.51. The molecule has 168 valence electrons. The van der Waals surface area contributed by atoms with Crippen LogP contribution in [0.5, 0.6) is 5.75 Å². The lowest BCUT2D eigenvalue weighted by molar-refractivity contribution is -0.136.